The van der Waals surface area contributed by atoms with Crippen molar-refractivity contribution >= 4 is 15.9 Å². The van der Waals surface area contributed by atoms with E-state index in [4.69, 9.17) is 5.11 Å². The number of rotatable bonds is 8. The molecule has 0 heterocycles. The SMILES string of the molecule is CCN(CCO)C(=O)CCNS(=O)(=O)c1ccc(C(C)(C)C)cc1. The van der Waals surface area contributed by atoms with Gasteiger partial charge in [-0.2, -0.15) is 0 Å². The number of hydrogen-bond donors (Lipinski definition) is 2. The zero-order valence-corrected chi connectivity index (χ0v) is 15.7. The molecule has 1 amide bonds. The highest BCUT2D eigenvalue weighted by atomic mass is 32.2. The van der Waals surface area contributed by atoms with Crippen LogP contribution in [0.25, 0.3) is 0 Å². The van der Waals surface area contributed by atoms with Gasteiger partial charge >= 0.3 is 0 Å². The van der Waals surface area contributed by atoms with E-state index in [9.17, 15) is 13.2 Å². The number of aliphatic hydroxyl groups is 1. The molecule has 0 radical (unpaired) electrons. The average molecular weight is 356 g/mol. The zero-order chi connectivity index (χ0) is 18.4. The summed E-state index contributed by atoms with van der Waals surface area (Å²) in [4.78, 5) is 13.6. The number of benzene rings is 1. The van der Waals surface area contributed by atoms with Crippen molar-refractivity contribution in [3.05, 3.63) is 29.8 Å². The summed E-state index contributed by atoms with van der Waals surface area (Å²) in [7, 11) is -3.63. The smallest absolute Gasteiger partial charge is 0.240 e. The lowest BCUT2D eigenvalue weighted by Gasteiger charge is -2.20. The van der Waals surface area contributed by atoms with E-state index in [1.54, 1.807) is 24.3 Å². The van der Waals surface area contributed by atoms with E-state index in [1.807, 2.05) is 6.92 Å². The van der Waals surface area contributed by atoms with Gasteiger partial charge in [0, 0.05) is 26.1 Å². The number of amides is 1. The molecule has 1 aromatic rings. The molecule has 0 bridgehead atoms. The first kappa shape index (κ1) is 20.6. The summed E-state index contributed by atoms with van der Waals surface area (Å²) in [5.74, 6) is -0.183. The Morgan fingerprint density at radius 2 is 1.79 bits per heavy atom. The largest absolute Gasteiger partial charge is 0.395 e. The Bertz CT molecular complexity index is 634. The third-order valence-corrected chi connectivity index (χ3v) is 5.24. The Labute approximate surface area is 144 Å². The van der Waals surface area contributed by atoms with Gasteiger partial charge in [0.05, 0.1) is 11.5 Å². The van der Waals surface area contributed by atoms with Crippen molar-refractivity contribution in [2.24, 2.45) is 0 Å². The fourth-order valence-corrected chi connectivity index (χ4v) is 3.28. The molecule has 2 N–H and O–H groups in total. The van der Waals surface area contributed by atoms with Crippen LogP contribution in [0.3, 0.4) is 0 Å². The third kappa shape index (κ3) is 5.89. The van der Waals surface area contributed by atoms with Crippen LogP contribution in [0, 0.1) is 0 Å². The summed E-state index contributed by atoms with van der Waals surface area (Å²) < 4.78 is 27.0. The van der Waals surface area contributed by atoms with Crippen LogP contribution < -0.4 is 4.72 Å². The molecule has 1 aromatic carbocycles. The maximum Gasteiger partial charge on any atom is 0.240 e. The molecular weight excluding hydrogens is 328 g/mol. The van der Waals surface area contributed by atoms with E-state index in [0.717, 1.165) is 5.56 Å². The molecule has 0 saturated heterocycles. The van der Waals surface area contributed by atoms with Crippen LogP contribution >= 0.6 is 0 Å². The van der Waals surface area contributed by atoms with Crippen LogP contribution in [0.15, 0.2) is 29.2 Å². The number of nitrogens with one attached hydrogen (secondary N) is 1. The minimum absolute atomic E-state index is 0.0319. The quantitative estimate of drug-likeness (QED) is 0.739. The van der Waals surface area contributed by atoms with Gasteiger partial charge in [0.25, 0.3) is 0 Å². The van der Waals surface area contributed by atoms with Gasteiger partial charge in [0.1, 0.15) is 0 Å². The molecule has 0 spiro atoms. The lowest BCUT2D eigenvalue weighted by Crippen LogP contribution is -2.36. The second-order valence-electron chi connectivity index (χ2n) is 6.62. The van der Waals surface area contributed by atoms with Crippen LogP contribution in [-0.4, -0.2) is 50.6 Å². The molecular formula is C17H28N2O4S. The van der Waals surface area contributed by atoms with E-state index >= 15 is 0 Å². The van der Waals surface area contributed by atoms with Crippen LogP contribution in [0.5, 0.6) is 0 Å². The van der Waals surface area contributed by atoms with Crippen LogP contribution in [-0.2, 0) is 20.2 Å². The summed E-state index contributed by atoms with van der Waals surface area (Å²) in [5.41, 5.74) is 1.01. The highest BCUT2D eigenvalue weighted by Gasteiger charge is 2.18. The van der Waals surface area contributed by atoms with Crippen molar-refractivity contribution in [1.29, 1.82) is 0 Å². The fraction of sp³-hybridized carbons (Fsp3) is 0.588. The van der Waals surface area contributed by atoms with E-state index < -0.39 is 10.0 Å². The van der Waals surface area contributed by atoms with Gasteiger partial charge < -0.3 is 10.0 Å². The summed E-state index contributed by atoms with van der Waals surface area (Å²) in [6, 6.07) is 6.77. The standard InChI is InChI=1S/C17H28N2O4S/c1-5-19(12-13-20)16(21)10-11-18-24(22,23)15-8-6-14(7-9-15)17(2,3)4/h6-9,18,20H,5,10-13H2,1-4H3. The number of carbonyl (C=O) groups excluding carboxylic acids is 1. The van der Waals surface area contributed by atoms with Gasteiger partial charge in [-0.3, -0.25) is 4.79 Å². The molecule has 0 unspecified atom stereocenters. The molecule has 136 valence electrons. The highest BCUT2D eigenvalue weighted by Crippen LogP contribution is 2.23. The summed E-state index contributed by atoms with van der Waals surface area (Å²) in [6.07, 6.45) is 0.0626. The molecule has 6 nitrogen and oxygen atoms in total. The van der Waals surface area contributed by atoms with E-state index in [1.165, 1.54) is 4.90 Å². The number of carbonyl (C=O) groups is 1. The number of likely N-dealkylation sites (N-methyl/N-ethyl adjacent to an activating group) is 1. The summed E-state index contributed by atoms with van der Waals surface area (Å²) in [6.45, 7) is 8.67. The summed E-state index contributed by atoms with van der Waals surface area (Å²) in [5, 5.41) is 8.89. The van der Waals surface area contributed by atoms with Crippen molar-refractivity contribution in [3.8, 4) is 0 Å². The number of nitrogens with zero attached hydrogens (tertiary/aromatic N) is 1. The molecule has 7 heteroatoms. The topological polar surface area (TPSA) is 86.7 Å². The van der Waals surface area contributed by atoms with E-state index in [2.05, 4.69) is 25.5 Å². The molecule has 1 rings (SSSR count). The first-order chi connectivity index (χ1) is 11.1. The lowest BCUT2D eigenvalue weighted by atomic mass is 9.87. The number of sulfonamides is 1. The van der Waals surface area contributed by atoms with E-state index in [0.29, 0.717) is 6.54 Å². The maximum atomic E-state index is 12.3. The van der Waals surface area contributed by atoms with Gasteiger partial charge in [0.2, 0.25) is 15.9 Å². The molecule has 0 saturated carbocycles. The number of hydrogen-bond acceptors (Lipinski definition) is 4. The van der Waals surface area contributed by atoms with Gasteiger partial charge in [-0.05, 0) is 30.0 Å². The van der Waals surface area contributed by atoms with Crippen molar-refractivity contribution in [3.63, 3.8) is 0 Å². The molecule has 0 aliphatic carbocycles. The van der Waals surface area contributed by atoms with Crippen molar-refractivity contribution in [2.75, 3.05) is 26.2 Å². The Hall–Kier alpha value is -1.44. The average Bonchev–Trinajstić information content (AvgIpc) is 2.51. The molecule has 0 aromatic heterocycles. The third-order valence-electron chi connectivity index (χ3n) is 3.77. The maximum absolute atomic E-state index is 12.3. The summed E-state index contributed by atoms with van der Waals surface area (Å²) >= 11 is 0. The van der Waals surface area contributed by atoms with Crippen molar-refractivity contribution in [1.82, 2.24) is 9.62 Å². The Morgan fingerprint density at radius 1 is 1.21 bits per heavy atom. The van der Waals surface area contributed by atoms with Gasteiger partial charge in [-0.1, -0.05) is 32.9 Å². The van der Waals surface area contributed by atoms with Crippen molar-refractivity contribution in [2.45, 2.75) is 44.4 Å². The first-order valence-electron chi connectivity index (χ1n) is 8.10. The Kier molecular flexibility index (Phi) is 7.38. The second kappa shape index (κ2) is 8.60. The molecule has 0 aliphatic heterocycles. The molecule has 0 aliphatic rings. The van der Waals surface area contributed by atoms with Crippen LogP contribution in [0.1, 0.15) is 39.7 Å². The van der Waals surface area contributed by atoms with Crippen LogP contribution in [0.2, 0.25) is 0 Å². The fourth-order valence-electron chi connectivity index (χ4n) is 2.25. The van der Waals surface area contributed by atoms with Crippen LogP contribution in [0.4, 0.5) is 0 Å². The van der Waals surface area contributed by atoms with E-state index in [-0.39, 0.29) is 42.3 Å². The van der Waals surface area contributed by atoms with Crippen molar-refractivity contribution < 1.29 is 18.3 Å². The molecule has 0 atom stereocenters. The Morgan fingerprint density at radius 3 is 2.25 bits per heavy atom. The Balaban J connectivity index is 2.65. The zero-order valence-electron chi connectivity index (χ0n) is 14.9. The highest BCUT2D eigenvalue weighted by molar-refractivity contribution is 7.89. The second-order valence-corrected chi connectivity index (χ2v) is 8.39. The lowest BCUT2D eigenvalue weighted by molar-refractivity contribution is -0.131. The molecule has 24 heavy (non-hydrogen) atoms. The predicted molar refractivity (Wildman–Crippen MR) is 94.3 cm³/mol. The minimum Gasteiger partial charge on any atom is -0.395 e. The molecule has 0 fully saturated rings. The monoisotopic (exact) mass is 356 g/mol. The van der Waals surface area contributed by atoms with Gasteiger partial charge in [-0.15, -0.1) is 0 Å². The number of aliphatic hydroxyl groups excluding tert-OH is 1. The van der Waals surface area contributed by atoms with Gasteiger partial charge in [-0.25, -0.2) is 13.1 Å². The van der Waals surface area contributed by atoms with Gasteiger partial charge in [0.15, 0.2) is 0 Å². The first-order valence-corrected chi connectivity index (χ1v) is 9.59. The normalized spacial score (nSPS) is 12.2. The minimum atomic E-state index is -3.63. The predicted octanol–water partition coefficient (Wildman–Crippen LogP) is 1.49.